The van der Waals surface area contributed by atoms with Gasteiger partial charge in [-0.15, -0.1) is 0 Å². The first-order valence-electron chi connectivity index (χ1n) is 2.25. The molecule has 2 nitrogen and oxygen atoms in total. The highest BCUT2D eigenvalue weighted by Crippen LogP contribution is 2.10. The van der Waals surface area contributed by atoms with Crippen LogP contribution in [0.3, 0.4) is 0 Å². The van der Waals surface area contributed by atoms with E-state index in [0.29, 0.717) is 5.56 Å². The lowest BCUT2D eigenvalue weighted by atomic mass is 10.3. The van der Waals surface area contributed by atoms with Gasteiger partial charge < -0.3 is 5.11 Å². The highest BCUT2D eigenvalue weighted by molar-refractivity contribution is 5.29. The van der Waals surface area contributed by atoms with Crippen LogP contribution in [-0.4, -0.2) is 10.1 Å². The fraction of sp³-hybridized carbons (Fsp3) is 0. The summed E-state index contributed by atoms with van der Waals surface area (Å²) in [5.41, 5.74) is 0.611. The van der Waals surface area contributed by atoms with E-state index in [4.69, 9.17) is 5.11 Å². The minimum atomic E-state index is 0.146. The van der Waals surface area contributed by atoms with Gasteiger partial charge in [-0.05, 0) is 18.6 Å². The van der Waals surface area contributed by atoms with Crippen LogP contribution in [0.5, 0.6) is 5.75 Å². The second-order valence-corrected chi connectivity index (χ2v) is 1.50. The van der Waals surface area contributed by atoms with Gasteiger partial charge in [0, 0.05) is 6.20 Å². The van der Waals surface area contributed by atoms with Gasteiger partial charge >= 0.3 is 0 Å². The molecule has 0 spiro atoms. The molecule has 0 fully saturated rings. The average Bonchev–Trinajstić information content (AvgIpc) is 1.77. The fourth-order valence-corrected chi connectivity index (χ4v) is 0.415. The Balaban J connectivity index is 3.13. The van der Waals surface area contributed by atoms with Crippen molar-refractivity contribution < 1.29 is 5.11 Å². The number of aromatic hydroxyl groups is 1. The van der Waals surface area contributed by atoms with E-state index in [1.807, 2.05) is 0 Å². The normalized spacial score (nSPS) is 9.12. The molecule has 8 heavy (non-hydrogen) atoms. The summed E-state index contributed by atoms with van der Waals surface area (Å²) in [7, 11) is 0. The van der Waals surface area contributed by atoms with E-state index >= 15 is 0 Å². The van der Waals surface area contributed by atoms with Gasteiger partial charge in [0.1, 0.15) is 5.75 Å². The molecule has 0 aliphatic rings. The summed E-state index contributed by atoms with van der Waals surface area (Å²) in [6, 6.07) is 1.65. The minimum Gasteiger partial charge on any atom is -0.506 e. The molecule has 41 valence electrons. The number of hydrogen-bond donors (Lipinski definition) is 1. The first-order valence-corrected chi connectivity index (χ1v) is 2.25. The van der Waals surface area contributed by atoms with Crippen molar-refractivity contribution in [2.75, 3.05) is 0 Å². The lowest BCUT2D eigenvalue weighted by molar-refractivity contribution is 0.470. The zero-order valence-corrected chi connectivity index (χ0v) is 4.33. The first kappa shape index (κ1) is 5.09. The molecule has 0 unspecified atom stereocenters. The van der Waals surface area contributed by atoms with Crippen molar-refractivity contribution in [1.29, 1.82) is 0 Å². The molecule has 1 heterocycles. The molecular formula is C6H6NO. The largest absolute Gasteiger partial charge is 0.506 e. The Bertz CT molecular complexity index is 165. The second-order valence-electron chi connectivity index (χ2n) is 1.50. The summed E-state index contributed by atoms with van der Waals surface area (Å²) >= 11 is 0. The van der Waals surface area contributed by atoms with E-state index in [1.54, 1.807) is 12.3 Å². The molecule has 0 bridgehead atoms. The zero-order chi connectivity index (χ0) is 5.98. The summed E-state index contributed by atoms with van der Waals surface area (Å²) in [5, 5.41) is 8.79. The monoisotopic (exact) mass is 108 g/mol. The molecule has 0 saturated carbocycles. The zero-order valence-electron chi connectivity index (χ0n) is 4.33. The van der Waals surface area contributed by atoms with E-state index in [9.17, 15) is 0 Å². The van der Waals surface area contributed by atoms with Crippen LogP contribution in [0.25, 0.3) is 0 Å². The molecule has 1 rings (SSSR count). The number of pyridine rings is 1. The van der Waals surface area contributed by atoms with E-state index in [0.717, 1.165) is 0 Å². The summed E-state index contributed by atoms with van der Waals surface area (Å²) in [6.07, 6.45) is 2.95. The Labute approximate surface area is 47.8 Å². The molecule has 0 aromatic carbocycles. The quantitative estimate of drug-likeness (QED) is 0.537. The minimum absolute atomic E-state index is 0.146. The SMILES string of the molecule is [CH2]c1ccncc1O. The molecular weight excluding hydrogens is 102 g/mol. The van der Waals surface area contributed by atoms with E-state index in [-0.39, 0.29) is 5.75 Å². The van der Waals surface area contributed by atoms with Gasteiger partial charge in [0.2, 0.25) is 0 Å². The predicted molar refractivity (Wildman–Crippen MR) is 30.4 cm³/mol. The maximum atomic E-state index is 8.79. The molecule has 0 saturated heterocycles. The van der Waals surface area contributed by atoms with Gasteiger partial charge in [0.15, 0.2) is 0 Å². The van der Waals surface area contributed by atoms with Crippen molar-refractivity contribution in [3.8, 4) is 5.75 Å². The van der Waals surface area contributed by atoms with E-state index in [1.165, 1.54) is 6.20 Å². The summed E-state index contributed by atoms with van der Waals surface area (Å²) in [5.74, 6) is 0.146. The molecule has 0 aliphatic heterocycles. The van der Waals surface area contributed by atoms with Gasteiger partial charge in [0.05, 0.1) is 6.20 Å². The number of rotatable bonds is 0. The standard InChI is InChI=1S/C6H6NO/c1-5-2-3-7-4-6(5)8/h2-4,8H,1H2. The van der Waals surface area contributed by atoms with Crippen LogP contribution in [0.1, 0.15) is 5.56 Å². The van der Waals surface area contributed by atoms with Crippen LogP contribution in [-0.2, 0) is 0 Å². The second kappa shape index (κ2) is 1.82. The Morgan fingerprint density at radius 3 is 2.75 bits per heavy atom. The summed E-state index contributed by atoms with van der Waals surface area (Å²) < 4.78 is 0. The van der Waals surface area contributed by atoms with Crippen molar-refractivity contribution in [3.05, 3.63) is 30.9 Å². The van der Waals surface area contributed by atoms with Crippen molar-refractivity contribution in [2.24, 2.45) is 0 Å². The van der Waals surface area contributed by atoms with Gasteiger partial charge in [0.25, 0.3) is 0 Å². The lowest BCUT2D eigenvalue weighted by Crippen LogP contribution is -1.73. The summed E-state index contributed by atoms with van der Waals surface area (Å²) in [6.45, 7) is 3.53. The molecule has 1 aromatic rings. The topological polar surface area (TPSA) is 33.1 Å². The third-order valence-electron chi connectivity index (χ3n) is 0.888. The van der Waals surface area contributed by atoms with Crippen molar-refractivity contribution in [2.45, 2.75) is 0 Å². The highest BCUT2D eigenvalue weighted by atomic mass is 16.3. The third kappa shape index (κ3) is 0.780. The fourth-order valence-electron chi connectivity index (χ4n) is 0.415. The van der Waals surface area contributed by atoms with E-state index < -0.39 is 0 Å². The Kier molecular flexibility index (Phi) is 1.16. The Hall–Kier alpha value is -1.05. The van der Waals surface area contributed by atoms with Crippen LogP contribution in [0.4, 0.5) is 0 Å². The predicted octanol–water partition coefficient (Wildman–Crippen LogP) is 0.969. The van der Waals surface area contributed by atoms with Crippen LogP contribution in [0.2, 0.25) is 0 Å². The van der Waals surface area contributed by atoms with Gasteiger partial charge in [-0.1, -0.05) is 0 Å². The van der Waals surface area contributed by atoms with Crippen molar-refractivity contribution >= 4 is 0 Å². The molecule has 0 amide bonds. The maximum Gasteiger partial charge on any atom is 0.137 e. The molecule has 1 radical (unpaired) electrons. The lowest BCUT2D eigenvalue weighted by Gasteiger charge is -1.91. The highest BCUT2D eigenvalue weighted by Gasteiger charge is 1.88. The molecule has 1 aromatic heterocycles. The summed E-state index contributed by atoms with van der Waals surface area (Å²) in [4.78, 5) is 3.66. The number of aromatic nitrogens is 1. The third-order valence-corrected chi connectivity index (χ3v) is 0.888. The van der Waals surface area contributed by atoms with Crippen LogP contribution in [0.15, 0.2) is 18.5 Å². The first-order chi connectivity index (χ1) is 3.80. The molecule has 0 aliphatic carbocycles. The van der Waals surface area contributed by atoms with Gasteiger partial charge in [-0.3, -0.25) is 4.98 Å². The molecule has 0 atom stereocenters. The van der Waals surface area contributed by atoms with Crippen LogP contribution < -0.4 is 0 Å². The smallest absolute Gasteiger partial charge is 0.137 e. The van der Waals surface area contributed by atoms with Gasteiger partial charge in [-0.2, -0.15) is 0 Å². The molecule has 1 N–H and O–H groups in total. The van der Waals surface area contributed by atoms with Gasteiger partial charge in [-0.25, -0.2) is 0 Å². The van der Waals surface area contributed by atoms with E-state index in [2.05, 4.69) is 11.9 Å². The number of nitrogens with zero attached hydrogens (tertiary/aromatic N) is 1. The van der Waals surface area contributed by atoms with Crippen LogP contribution >= 0.6 is 0 Å². The Morgan fingerprint density at radius 1 is 1.62 bits per heavy atom. The van der Waals surface area contributed by atoms with Crippen LogP contribution in [0, 0.1) is 6.92 Å². The number of hydrogen-bond acceptors (Lipinski definition) is 2. The average molecular weight is 108 g/mol. The Morgan fingerprint density at radius 2 is 2.38 bits per heavy atom. The van der Waals surface area contributed by atoms with Crippen molar-refractivity contribution in [3.63, 3.8) is 0 Å². The van der Waals surface area contributed by atoms with Crippen molar-refractivity contribution in [1.82, 2.24) is 4.98 Å². The molecule has 2 heteroatoms. The maximum absolute atomic E-state index is 8.79.